The summed E-state index contributed by atoms with van der Waals surface area (Å²) in [6, 6.07) is 12.0. The third-order valence-corrected chi connectivity index (χ3v) is 6.09. The predicted octanol–water partition coefficient (Wildman–Crippen LogP) is 3.21. The van der Waals surface area contributed by atoms with Crippen LogP contribution >= 0.6 is 11.8 Å². The Hall–Kier alpha value is -2.91. The van der Waals surface area contributed by atoms with E-state index in [0.29, 0.717) is 23.1 Å². The second-order valence-corrected chi connectivity index (χ2v) is 8.61. The molecule has 1 aromatic carbocycles. The molecule has 0 aliphatic carbocycles. The molecule has 0 atom stereocenters. The van der Waals surface area contributed by atoms with Gasteiger partial charge >= 0.3 is 0 Å². The zero-order valence-corrected chi connectivity index (χ0v) is 19.9. The highest BCUT2D eigenvalue weighted by Gasteiger charge is 2.25. The average Bonchev–Trinajstić information content (AvgIpc) is 3.11. The number of imide groups is 1. The molecular formula is C23H30N6O2S. The highest BCUT2D eigenvalue weighted by Crippen LogP contribution is 2.27. The zero-order chi connectivity index (χ0) is 23.1. The van der Waals surface area contributed by atoms with Gasteiger partial charge in [0.05, 0.1) is 10.6 Å². The van der Waals surface area contributed by atoms with Gasteiger partial charge in [0.25, 0.3) is 11.1 Å². The number of benzene rings is 1. The molecule has 2 heterocycles. The first-order chi connectivity index (χ1) is 15.4. The lowest BCUT2D eigenvalue weighted by molar-refractivity contribution is -0.115. The van der Waals surface area contributed by atoms with Gasteiger partial charge in [-0.25, -0.2) is 4.98 Å². The van der Waals surface area contributed by atoms with Gasteiger partial charge in [0.1, 0.15) is 5.82 Å². The average molecular weight is 455 g/mol. The quantitative estimate of drug-likeness (QED) is 0.548. The Morgan fingerprint density at radius 2 is 1.72 bits per heavy atom. The van der Waals surface area contributed by atoms with E-state index in [2.05, 4.69) is 41.2 Å². The van der Waals surface area contributed by atoms with E-state index in [4.69, 9.17) is 4.98 Å². The summed E-state index contributed by atoms with van der Waals surface area (Å²) in [6.45, 7) is 8.64. The second-order valence-electron chi connectivity index (χ2n) is 7.59. The van der Waals surface area contributed by atoms with Gasteiger partial charge in [-0.2, -0.15) is 4.98 Å². The smallest absolute Gasteiger partial charge is 0.290 e. The number of nitrogens with one attached hydrogen (secondary N) is 1. The summed E-state index contributed by atoms with van der Waals surface area (Å²) in [5, 5.41) is 1.92. The fourth-order valence-corrected chi connectivity index (χ4v) is 3.97. The van der Waals surface area contributed by atoms with Crippen molar-refractivity contribution in [2.24, 2.45) is 0 Å². The van der Waals surface area contributed by atoms with E-state index in [0.717, 1.165) is 43.8 Å². The van der Waals surface area contributed by atoms with Gasteiger partial charge < -0.3 is 14.7 Å². The molecule has 1 aliphatic heterocycles. The first-order valence-electron chi connectivity index (χ1n) is 10.7. The number of hydrogen-bond acceptors (Lipinski definition) is 8. The zero-order valence-electron chi connectivity index (χ0n) is 19.0. The summed E-state index contributed by atoms with van der Waals surface area (Å²) in [5.74, 6) is 0.931. The Morgan fingerprint density at radius 3 is 2.34 bits per heavy atom. The van der Waals surface area contributed by atoms with Crippen molar-refractivity contribution in [2.45, 2.75) is 20.4 Å². The normalized spacial score (nSPS) is 14.8. The monoisotopic (exact) mass is 454 g/mol. The molecule has 32 heavy (non-hydrogen) atoms. The van der Waals surface area contributed by atoms with E-state index >= 15 is 0 Å². The van der Waals surface area contributed by atoms with Gasteiger partial charge in [0, 0.05) is 39.8 Å². The van der Waals surface area contributed by atoms with Crippen molar-refractivity contribution in [3.05, 3.63) is 52.6 Å². The lowest BCUT2D eigenvalue weighted by Crippen LogP contribution is -2.34. The first kappa shape index (κ1) is 23.7. The van der Waals surface area contributed by atoms with E-state index in [1.807, 2.05) is 48.2 Å². The van der Waals surface area contributed by atoms with Crippen LogP contribution in [0.5, 0.6) is 0 Å². The Labute approximate surface area is 193 Å². The topological polar surface area (TPSA) is 81.7 Å². The van der Waals surface area contributed by atoms with Crippen molar-refractivity contribution in [1.82, 2.24) is 20.2 Å². The Kier molecular flexibility index (Phi) is 8.24. The number of nitrogens with zero attached hydrogens (tertiary/aromatic N) is 5. The maximum Gasteiger partial charge on any atom is 0.290 e. The summed E-state index contributed by atoms with van der Waals surface area (Å²) in [7, 11) is 3.95. The molecule has 1 aliphatic rings. The minimum atomic E-state index is -0.394. The van der Waals surface area contributed by atoms with Crippen LogP contribution in [0.15, 0.2) is 41.3 Å². The molecule has 0 radical (unpaired) electrons. The van der Waals surface area contributed by atoms with Gasteiger partial charge in [-0.3, -0.25) is 14.9 Å². The highest BCUT2D eigenvalue weighted by molar-refractivity contribution is 8.18. The summed E-state index contributed by atoms with van der Waals surface area (Å²) >= 11 is 0.887. The summed E-state index contributed by atoms with van der Waals surface area (Å²) in [6.07, 6.45) is 1.65. The van der Waals surface area contributed by atoms with Crippen LogP contribution in [-0.2, 0) is 11.3 Å². The van der Waals surface area contributed by atoms with Gasteiger partial charge in [-0.05, 0) is 36.5 Å². The standard InChI is InChI=1S/C23H30N6O2S/c1-5-29(6-2)13-12-27(3)22-24-18(14-19-21(30)26-23(31)32-19)15-20(25-22)28(4)16-17-10-8-7-9-11-17/h7-11,14-15H,5-6,12-13,16H2,1-4H3,(H,26,30,31)/b19-14+. The number of aromatic nitrogens is 2. The first-order valence-corrected chi connectivity index (χ1v) is 11.5. The molecule has 9 heteroatoms. The van der Waals surface area contributed by atoms with Crippen molar-refractivity contribution in [3.63, 3.8) is 0 Å². The Bertz CT molecular complexity index is 978. The van der Waals surface area contributed by atoms with Gasteiger partial charge in [0.2, 0.25) is 5.95 Å². The van der Waals surface area contributed by atoms with Crippen LogP contribution in [0.4, 0.5) is 16.6 Å². The van der Waals surface area contributed by atoms with Crippen LogP contribution in [-0.4, -0.2) is 66.3 Å². The van der Waals surface area contributed by atoms with Crippen molar-refractivity contribution in [1.29, 1.82) is 0 Å². The van der Waals surface area contributed by atoms with Crippen LogP contribution in [0.3, 0.4) is 0 Å². The number of thioether (sulfide) groups is 1. The summed E-state index contributed by atoms with van der Waals surface area (Å²) < 4.78 is 0. The second kappa shape index (κ2) is 11.1. The molecular weight excluding hydrogens is 424 g/mol. The number of likely N-dealkylation sites (N-methyl/N-ethyl adjacent to an activating group) is 2. The van der Waals surface area contributed by atoms with E-state index in [1.54, 1.807) is 6.08 Å². The number of hydrogen-bond donors (Lipinski definition) is 1. The molecule has 0 saturated carbocycles. The van der Waals surface area contributed by atoms with Crippen LogP contribution < -0.4 is 15.1 Å². The van der Waals surface area contributed by atoms with Gasteiger partial charge in [0.15, 0.2) is 0 Å². The maximum absolute atomic E-state index is 12.0. The molecule has 3 rings (SSSR count). The van der Waals surface area contributed by atoms with Crippen LogP contribution in [0.25, 0.3) is 6.08 Å². The highest BCUT2D eigenvalue weighted by atomic mass is 32.2. The van der Waals surface area contributed by atoms with Crippen molar-refractivity contribution in [2.75, 3.05) is 50.1 Å². The maximum atomic E-state index is 12.0. The van der Waals surface area contributed by atoms with Gasteiger partial charge in [-0.1, -0.05) is 44.2 Å². The molecule has 1 N–H and O–H groups in total. The minimum Gasteiger partial charge on any atom is -0.355 e. The van der Waals surface area contributed by atoms with Crippen LogP contribution in [0, 0.1) is 0 Å². The Balaban J connectivity index is 1.89. The van der Waals surface area contributed by atoms with E-state index in [-0.39, 0.29) is 5.24 Å². The lowest BCUT2D eigenvalue weighted by atomic mass is 10.2. The third kappa shape index (κ3) is 6.30. The fourth-order valence-electron chi connectivity index (χ4n) is 3.30. The summed E-state index contributed by atoms with van der Waals surface area (Å²) in [4.78, 5) is 39.8. The Morgan fingerprint density at radius 1 is 1.00 bits per heavy atom. The van der Waals surface area contributed by atoms with Crippen LogP contribution in [0.2, 0.25) is 0 Å². The van der Waals surface area contributed by atoms with Crippen molar-refractivity contribution >= 4 is 40.8 Å². The molecule has 0 spiro atoms. The number of carbonyl (C=O) groups is 2. The van der Waals surface area contributed by atoms with Crippen molar-refractivity contribution in [3.8, 4) is 0 Å². The fraction of sp³-hybridized carbons (Fsp3) is 0.391. The van der Waals surface area contributed by atoms with E-state index in [9.17, 15) is 9.59 Å². The van der Waals surface area contributed by atoms with E-state index < -0.39 is 5.91 Å². The molecule has 0 unspecified atom stereocenters. The molecule has 2 amide bonds. The predicted molar refractivity (Wildman–Crippen MR) is 131 cm³/mol. The van der Waals surface area contributed by atoms with Crippen molar-refractivity contribution < 1.29 is 9.59 Å². The molecule has 1 saturated heterocycles. The third-order valence-electron chi connectivity index (χ3n) is 5.28. The molecule has 8 nitrogen and oxygen atoms in total. The minimum absolute atomic E-state index is 0.335. The van der Waals surface area contributed by atoms with E-state index in [1.165, 1.54) is 5.56 Å². The molecule has 1 aromatic heterocycles. The molecule has 2 aromatic rings. The lowest BCUT2D eigenvalue weighted by Gasteiger charge is -2.25. The van der Waals surface area contributed by atoms with Crippen LogP contribution in [0.1, 0.15) is 25.1 Å². The SMILES string of the molecule is CCN(CC)CCN(C)c1nc(/C=C2/SC(=O)NC2=O)cc(N(C)Cc2ccccc2)n1. The number of rotatable bonds is 10. The number of amides is 2. The molecule has 1 fully saturated rings. The van der Waals surface area contributed by atoms with Gasteiger partial charge in [-0.15, -0.1) is 0 Å². The molecule has 170 valence electrons. The molecule has 0 bridgehead atoms. The summed E-state index contributed by atoms with van der Waals surface area (Å²) in [5.41, 5.74) is 1.76. The number of carbonyl (C=O) groups excluding carboxylic acids is 2. The number of anilines is 2. The largest absolute Gasteiger partial charge is 0.355 e.